The number of hydrogen-bond donors (Lipinski definition) is 0. The van der Waals surface area contributed by atoms with Crippen LogP contribution in [-0.4, -0.2) is 24.0 Å². The van der Waals surface area contributed by atoms with Gasteiger partial charge >= 0.3 is 0 Å². The van der Waals surface area contributed by atoms with Gasteiger partial charge in [-0.2, -0.15) is 0 Å². The van der Waals surface area contributed by atoms with E-state index < -0.39 is 11.7 Å². The monoisotopic (exact) mass is 260 g/mol. The van der Waals surface area contributed by atoms with Crippen LogP contribution in [0.25, 0.3) is 0 Å². The summed E-state index contributed by atoms with van der Waals surface area (Å²) >= 11 is 0. The third-order valence-corrected chi connectivity index (χ3v) is 3.28. The van der Waals surface area contributed by atoms with Gasteiger partial charge in [0, 0.05) is 12.8 Å². The van der Waals surface area contributed by atoms with Crippen LogP contribution >= 0.6 is 0 Å². The van der Waals surface area contributed by atoms with Crippen LogP contribution in [-0.2, 0) is 14.4 Å². The van der Waals surface area contributed by atoms with E-state index in [0.717, 1.165) is 5.56 Å². The molecular formula is C15H16O4. The molecule has 1 saturated carbocycles. The fourth-order valence-electron chi connectivity index (χ4n) is 2.21. The molecule has 0 aromatic heterocycles. The maximum Gasteiger partial charge on any atom is 0.188 e. The van der Waals surface area contributed by atoms with Gasteiger partial charge in [0.1, 0.15) is 18.3 Å². The Bertz CT molecular complexity index is 503. The van der Waals surface area contributed by atoms with E-state index in [4.69, 9.17) is 4.74 Å². The van der Waals surface area contributed by atoms with Gasteiger partial charge in [-0.25, -0.2) is 0 Å². The number of rotatable bonds is 4. The highest BCUT2D eigenvalue weighted by Crippen LogP contribution is 2.20. The van der Waals surface area contributed by atoms with Crippen molar-refractivity contribution in [3.05, 3.63) is 29.8 Å². The van der Waals surface area contributed by atoms with Crippen molar-refractivity contribution < 1.29 is 19.1 Å². The minimum Gasteiger partial charge on any atom is -0.486 e. The van der Waals surface area contributed by atoms with E-state index in [2.05, 4.69) is 0 Å². The number of carbonyl (C=O) groups excluding carboxylic acids is 3. The molecule has 0 aliphatic heterocycles. The van der Waals surface area contributed by atoms with Crippen LogP contribution in [0.4, 0.5) is 0 Å². The van der Waals surface area contributed by atoms with Crippen molar-refractivity contribution in [3.8, 4) is 5.75 Å². The summed E-state index contributed by atoms with van der Waals surface area (Å²) in [5, 5.41) is 0. The minimum absolute atomic E-state index is 0.229. The predicted molar refractivity (Wildman–Crippen MR) is 69.0 cm³/mol. The number of Topliss-reactive ketones (excluding diaryl/α,β-unsaturated/α-hetero) is 3. The first-order valence-electron chi connectivity index (χ1n) is 6.36. The highest BCUT2D eigenvalue weighted by atomic mass is 16.5. The summed E-state index contributed by atoms with van der Waals surface area (Å²) in [7, 11) is 0. The molecular weight excluding hydrogens is 244 g/mol. The van der Waals surface area contributed by atoms with E-state index in [-0.39, 0.29) is 18.2 Å². The summed E-state index contributed by atoms with van der Waals surface area (Å²) in [6, 6.07) is 7.31. The summed E-state index contributed by atoms with van der Waals surface area (Å²) in [6.07, 6.45) is 1.18. The number of hydrogen-bond acceptors (Lipinski definition) is 4. The van der Waals surface area contributed by atoms with Gasteiger partial charge in [-0.05, 0) is 25.0 Å². The highest BCUT2D eigenvalue weighted by Gasteiger charge is 2.35. The second-order valence-corrected chi connectivity index (χ2v) is 4.74. The van der Waals surface area contributed by atoms with Gasteiger partial charge in [0.2, 0.25) is 0 Å². The van der Waals surface area contributed by atoms with Gasteiger partial charge in [0.05, 0.1) is 0 Å². The van der Waals surface area contributed by atoms with Crippen molar-refractivity contribution in [1.82, 2.24) is 0 Å². The van der Waals surface area contributed by atoms with Gasteiger partial charge < -0.3 is 4.74 Å². The third kappa shape index (κ3) is 3.08. The first-order chi connectivity index (χ1) is 9.09. The lowest BCUT2D eigenvalue weighted by atomic mass is 9.84. The molecule has 0 unspecified atom stereocenters. The second-order valence-electron chi connectivity index (χ2n) is 4.74. The number of carbonyl (C=O) groups is 3. The van der Waals surface area contributed by atoms with Gasteiger partial charge in [-0.3, -0.25) is 14.4 Å². The highest BCUT2D eigenvalue weighted by molar-refractivity contribution is 6.20. The van der Waals surface area contributed by atoms with Gasteiger partial charge in [-0.15, -0.1) is 0 Å². The Kier molecular flexibility index (Phi) is 4.10. The van der Waals surface area contributed by atoms with Crippen molar-refractivity contribution in [2.24, 2.45) is 5.92 Å². The van der Waals surface area contributed by atoms with E-state index >= 15 is 0 Å². The van der Waals surface area contributed by atoms with Crippen molar-refractivity contribution in [3.63, 3.8) is 0 Å². The molecule has 0 N–H and O–H groups in total. The molecule has 1 aromatic rings. The number of aryl methyl sites for hydroxylation is 1. The molecule has 0 heterocycles. The lowest BCUT2D eigenvalue weighted by Gasteiger charge is -2.18. The zero-order chi connectivity index (χ0) is 13.8. The zero-order valence-corrected chi connectivity index (χ0v) is 10.8. The van der Waals surface area contributed by atoms with E-state index in [1.165, 1.54) is 0 Å². The van der Waals surface area contributed by atoms with Crippen LogP contribution < -0.4 is 4.74 Å². The Balaban J connectivity index is 1.99. The van der Waals surface area contributed by atoms with Crippen LogP contribution in [0.5, 0.6) is 5.75 Å². The Morgan fingerprint density at radius 2 is 1.84 bits per heavy atom. The Morgan fingerprint density at radius 1 is 1.21 bits per heavy atom. The predicted octanol–water partition coefficient (Wildman–Crippen LogP) is 1.88. The number of ether oxygens (including phenoxy) is 1. The molecule has 0 saturated heterocycles. The molecule has 2 rings (SSSR count). The zero-order valence-electron chi connectivity index (χ0n) is 10.8. The lowest BCUT2D eigenvalue weighted by molar-refractivity contribution is -0.142. The van der Waals surface area contributed by atoms with Crippen molar-refractivity contribution >= 4 is 17.3 Å². The molecule has 0 bridgehead atoms. The van der Waals surface area contributed by atoms with E-state index in [9.17, 15) is 14.4 Å². The lowest BCUT2D eigenvalue weighted by Crippen LogP contribution is -2.37. The Morgan fingerprint density at radius 3 is 2.47 bits per heavy atom. The maximum atomic E-state index is 11.9. The molecule has 0 amide bonds. The van der Waals surface area contributed by atoms with Gasteiger partial charge in [0.15, 0.2) is 17.3 Å². The summed E-state index contributed by atoms with van der Waals surface area (Å²) < 4.78 is 5.39. The molecule has 1 aromatic carbocycles. The summed E-state index contributed by atoms with van der Waals surface area (Å²) in [5.41, 5.74) is 0.914. The molecule has 4 nitrogen and oxygen atoms in total. The quantitative estimate of drug-likeness (QED) is 0.775. The average molecular weight is 260 g/mol. The van der Waals surface area contributed by atoms with E-state index in [1.807, 2.05) is 25.1 Å². The fourth-order valence-corrected chi connectivity index (χ4v) is 2.21. The molecule has 100 valence electrons. The molecule has 0 radical (unpaired) electrons. The van der Waals surface area contributed by atoms with Gasteiger partial charge in [-0.1, -0.05) is 18.2 Å². The van der Waals surface area contributed by atoms with E-state index in [0.29, 0.717) is 25.0 Å². The van der Waals surface area contributed by atoms with Crippen LogP contribution in [0.15, 0.2) is 24.3 Å². The third-order valence-electron chi connectivity index (χ3n) is 3.28. The smallest absolute Gasteiger partial charge is 0.188 e. The van der Waals surface area contributed by atoms with Crippen molar-refractivity contribution in [2.75, 3.05) is 6.61 Å². The number of benzene rings is 1. The topological polar surface area (TPSA) is 60.4 Å². The summed E-state index contributed by atoms with van der Waals surface area (Å²) in [5.74, 6) is -1.47. The minimum atomic E-state index is -1.10. The van der Waals surface area contributed by atoms with Gasteiger partial charge in [0.25, 0.3) is 0 Å². The second kappa shape index (κ2) is 5.78. The Labute approximate surface area is 111 Å². The SMILES string of the molecule is Cc1ccccc1OCC(=O)C1C(=O)CCCC1=O. The van der Waals surface area contributed by atoms with Crippen LogP contribution in [0.3, 0.4) is 0 Å². The first-order valence-corrected chi connectivity index (χ1v) is 6.36. The van der Waals surface area contributed by atoms with E-state index in [1.54, 1.807) is 6.07 Å². The van der Waals surface area contributed by atoms with Crippen molar-refractivity contribution in [2.45, 2.75) is 26.2 Å². The number of ketones is 3. The normalized spacial score (nSPS) is 16.5. The molecule has 4 heteroatoms. The van der Waals surface area contributed by atoms with Crippen molar-refractivity contribution in [1.29, 1.82) is 0 Å². The maximum absolute atomic E-state index is 11.9. The summed E-state index contributed by atoms with van der Waals surface area (Å²) in [4.78, 5) is 35.2. The fraction of sp³-hybridized carbons (Fsp3) is 0.400. The molecule has 0 atom stereocenters. The average Bonchev–Trinajstić information content (AvgIpc) is 2.37. The molecule has 1 aliphatic rings. The molecule has 1 fully saturated rings. The largest absolute Gasteiger partial charge is 0.486 e. The molecule has 19 heavy (non-hydrogen) atoms. The Hall–Kier alpha value is -1.97. The first kappa shape index (κ1) is 13.5. The summed E-state index contributed by atoms with van der Waals surface area (Å²) in [6.45, 7) is 1.64. The molecule has 1 aliphatic carbocycles. The van der Waals surface area contributed by atoms with Crippen LogP contribution in [0.2, 0.25) is 0 Å². The molecule has 0 spiro atoms. The standard InChI is InChI=1S/C15H16O4/c1-10-5-2-3-8-14(10)19-9-13(18)15-11(16)6-4-7-12(15)17/h2-3,5,8,15H,4,6-7,9H2,1H3. The van der Waals surface area contributed by atoms with Crippen LogP contribution in [0.1, 0.15) is 24.8 Å². The van der Waals surface area contributed by atoms with Crippen LogP contribution in [0, 0.1) is 12.8 Å². The number of para-hydroxylation sites is 1.